The van der Waals surface area contributed by atoms with Crippen molar-refractivity contribution >= 4 is 11.6 Å². The van der Waals surface area contributed by atoms with Gasteiger partial charge < -0.3 is 5.32 Å². The molecular weight excluding hydrogens is 239 g/mol. The van der Waals surface area contributed by atoms with Crippen LogP contribution in [-0.2, 0) is 0 Å². The highest BCUT2D eigenvalue weighted by Gasteiger charge is 2.26. The molecule has 0 saturated heterocycles. The predicted molar refractivity (Wildman–Crippen MR) is 58.6 cm³/mol. The molecule has 1 atom stereocenters. The van der Waals surface area contributed by atoms with Gasteiger partial charge in [-0.25, -0.2) is 0 Å². The van der Waals surface area contributed by atoms with E-state index in [-0.39, 0.29) is 11.9 Å². The summed E-state index contributed by atoms with van der Waals surface area (Å²) < 4.78 is 35.5. The van der Waals surface area contributed by atoms with E-state index in [4.69, 9.17) is 11.6 Å². The number of rotatable bonds is 5. The molecule has 0 aliphatic rings. The van der Waals surface area contributed by atoms with Crippen molar-refractivity contribution in [2.75, 3.05) is 13.1 Å². The van der Waals surface area contributed by atoms with Crippen LogP contribution in [-0.4, -0.2) is 19.3 Å². The second-order valence-electron chi connectivity index (χ2n) is 3.45. The largest absolute Gasteiger partial charge is 0.390 e. The van der Waals surface area contributed by atoms with Crippen molar-refractivity contribution in [3.63, 3.8) is 0 Å². The fourth-order valence-electron chi connectivity index (χ4n) is 1.24. The van der Waals surface area contributed by atoms with Gasteiger partial charge in [-0.1, -0.05) is 30.3 Å². The minimum Gasteiger partial charge on any atom is -0.315 e. The summed E-state index contributed by atoms with van der Waals surface area (Å²) in [5.41, 5.74) is 0.906. The molecule has 0 aliphatic carbocycles. The molecule has 16 heavy (non-hydrogen) atoms. The van der Waals surface area contributed by atoms with Crippen LogP contribution in [0.4, 0.5) is 13.2 Å². The lowest BCUT2D eigenvalue weighted by molar-refractivity contribution is -0.133. The Balaban J connectivity index is 2.24. The molecule has 0 aromatic heterocycles. The van der Waals surface area contributed by atoms with E-state index >= 15 is 0 Å². The minimum atomic E-state index is -4.11. The zero-order valence-corrected chi connectivity index (χ0v) is 9.35. The van der Waals surface area contributed by atoms with Crippen molar-refractivity contribution in [3.8, 4) is 0 Å². The van der Waals surface area contributed by atoms with E-state index in [1.807, 2.05) is 30.3 Å². The van der Waals surface area contributed by atoms with Crippen molar-refractivity contribution in [2.45, 2.75) is 18.0 Å². The summed E-state index contributed by atoms with van der Waals surface area (Å²) in [5.74, 6) is 0. The van der Waals surface area contributed by atoms with Crippen molar-refractivity contribution < 1.29 is 13.2 Å². The summed E-state index contributed by atoms with van der Waals surface area (Å²) in [6.07, 6.45) is -4.94. The van der Waals surface area contributed by atoms with Gasteiger partial charge in [0.1, 0.15) is 0 Å². The molecule has 0 spiro atoms. The molecule has 0 fully saturated rings. The summed E-state index contributed by atoms with van der Waals surface area (Å²) in [6, 6.07) is 9.26. The standard InChI is InChI=1S/C11H13ClF3N/c12-10(9-4-2-1-3-5-9)8-16-7-6-11(13,14)15/h1-5,10,16H,6-8H2. The molecule has 1 unspecified atom stereocenters. The number of hydrogen-bond donors (Lipinski definition) is 1. The topological polar surface area (TPSA) is 12.0 Å². The molecule has 1 aromatic rings. The van der Waals surface area contributed by atoms with E-state index in [0.29, 0.717) is 6.54 Å². The van der Waals surface area contributed by atoms with Crippen LogP contribution < -0.4 is 5.32 Å². The Labute approximate surface area is 97.6 Å². The molecule has 0 radical (unpaired) electrons. The molecule has 1 aromatic carbocycles. The fourth-order valence-corrected chi connectivity index (χ4v) is 1.49. The predicted octanol–water partition coefficient (Wildman–Crippen LogP) is 3.51. The van der Waals surface area contributed by atoms with E-state index in [1.54, 1.807) is 0 Å². The number of nitrogens with one attached hydrogen (secondary N) is 1. The minimum absolute atomic E-state index is 0.0977. The Morgan fingerprint density at radius 1 is 1.19 bits per heavy atom. The highest BCUT2D eigenvalue weighted by molar-refractivity contribution is 6.21. The lowest BCUT2D eigenvalue weighted by atomic mass is 10.1. The highest BCUT2D eigenvalue weighted by Crippen LogP contribution is 2.20. The number of halogens is 4. The van der Waals surface area contributed by atoms with Crippen LogP contribution in [0.2, 0.25) is 0 Å². The maximum Gasteiger partial charge on any atom is 0.390 e. The smallest absolute Gasteiger partial charge is 0.315 e. The normalized spacial score (nSPS) is 13.8. The maximum absolute atomic E-state index is 11.8. The summed E-state index contributed by atoms with van der Waals surface area (Å²) in [6.45, 7) is 0.237. The highest BCUT2D eigenvalue weighted by atomic mass is 35.5. The zero-order valence-electron chi connectivity index (χ0n) is 8.60. The Bertz CT molecular complexity index is 300. The van der Waals surface area contributed by atoms with Gasteiger partial charge in [0.2, 0.25) is 0 Å². The lowest BCUT2D eigenvalue weighted by Gasteiger charge is -2.12. The summed E-state index contributed by atoms with van der Waals surface area (Å²) in [7, 11) is 0. The van der Waals surface area contributed by atoms with E-state index in [1.165, 1.54) is 0 Å². The van der Waals surface area contributed by atoms with Crippen LogP contribution in [0.3, 0.4) is 0 Å². The van der Waals surface area contributed by atoms with Crippen molar-refractivity contribution in [2.24, 2.45) is 0 Å². The van der Waals surface area contributed by atoms with Crippen LogP contribution in [0.5, 0.6) is 0 Å². The van der Waals surface area contributed by atoms with Gasteiger partial charge in [-0.15, -0.1) is 11.6 Å². The lowest BCUT2D eigenvalue weighted by Crippen LogP contribution is -2.24. The summed E-state index contributed by atoms with van der Waals surface area (Å²) >= 11 is 6.01. The third-order valence-electron chi connectivity index (χ3n) is 2.07. The van der Waals surface area contributed by atoms with Gasteiger partial charge in [0.25, 0.3) is 0 Å². The average Bonchev–Trinajstić information content (AvgIpc) is 2.24. The second-order valence-corrected chi connectivity index (χ2v) is 3.97. The van der Waals surface area contributed by atoms with Crippen molar-refractivity contribution in [3.05, 3.63) is 35.9 Å². The van der Waals surface area contributed by atoms with Gasteiger partial charge in [0.05, 0.1) is 11.8 Å². The van der Waals surface area contributed by atoms with Crippen LogP contribution in [0.1, 0.15) is 17.4 Å². The van der Waals surface area contributed by atoms with Crippen LogP contribution >= 0.6 is 11.6 Å². The molecule has 90 valence electrons. The zero-order chi connectivity index (χ0) is 12.0. The first-order chi connectivity index (χ1) is 7.49. The molecular formula is C11H13ClF3N. The van der Waals surface area contributed by atoms with Crippen molar-refractivity contribution in [1.29, 1.82) is 0 Å². The first-order valence-electron chi connectivity index (χ1n) is 4.95. The van der Waals surface area contributed by atoms with Gasteiger partial charge in [-0.3, -0.25) is 0 Å². The van der Waals surface area contributed by atoms with Gasteiger partial charge in [0, 0.05) is 13.1 Å². The Kier molecular flexibility index (Phi) is 5.09. The molecule has 0 bridgehead atoms. The molecule has 5 heteroatoms. The maximum atomic E-state index is 11.8. The first kappa shape index (κ1) is 13.3. The molecule has 0 heterocycles. The van der Waals surface area contributed by atoms with Crippen LogP contribution in [0, 0.1) is 0 Å². The van der Waals surface area contributed by atoms with Gasteiger partial charge in [0.15, 0.2) is 0 Å². The number of alkyl halides is 4. The summed E-state index contributed by atoms with van der Waals surface area (Å²) in [4.78, 5) is 0. The molecule has 0 aliphatic heterocycles. The van der Waals surface area contributed by atoms with Crippen LogP contribution in [0.25, 0.3) is 0 Å². The molecule has 1 nitrogen and oxygen atoms in total. The SMILES string of the molecule is FC(F)(F)CCNCC(Cl)c1ccccc1. The number of hydrogen-bond acceptors (Lipinski definition) is 1. The first-order valence-corrected chi connectivity index (χ1v) is 5.39. The third-order valence-corrected chi connectivity index (χ3v) is 2.48. The second kappa shape index (κ2) is 6.11. The Morgan fingerprint density at radius 2 is 1.81 bits per heavy atom. The van der Waals surface area contributed by atoms with Gasteiger partial charge in [-0.05, 0) is 5.56 Å². The van der Waals surface area contributed by atoms with Gasteiger partial charge >= 0.3 is 6.18 Å². The van der Waals surface area contributed by atoms with E-state index in [2.05, 4.69) is 5.32 Å². The fraction of sp³-hybridized carbons (Fsp3) is 0.455. The quantitative estimate of drug-likeness (QED) is 0.624. The summed E-state index contributed by atoms with van der Waals surface area (Å²) in [5, 5.41) is 2.39. The van der Waals surface area contributed by atoms with E-state index in [0.717, 1.165) is 5.56 Å². The van der Waals surface area contributed by atoms with Crippen molar-refractivity contribution in [1.82, 2.24) is 5.32 Å². The molecule has 0 amide bonds. The van der Waals surface area contributed by atoms with E-state index in [9.17, 15) is 13.2 Å². The van der Waals surface area contributed by atoms with E-state index < -0.39 is 12.6 Å². The molecule has 1 N–H and O–H groups in total. The van der Waals surface area contributed by atoms with Crippen LogP contribution in [0.15, 0.2) is 30.3 Å². The Morgan fingerprint density at radius 3 is 2.38 bits per heavy atom. The molecule has 1 rings (SSSR count). The Hall–Kier alpha value is -0.740. The molecule has 0 saturated carbocycles. The number of benzene rings is 1. The third kappa shape index (κ3) is 5.37. The monoisotopic (exact) mass is 251 g/mol. The van der Waals surface area contributed by atoms with Gasteiger partial charge in [-0.2, -0.15) is 13.2 Å². The average molecular weight is 252 g/mol.